The first-order valence-electron chi connectivity index (χ1n) is 14.6. The summed E-state index contributed by atoms with van der Waals surface area (Å²) in [5.74, 6) is 0. The predicted molar refractivity (Wildman–Crippen MR) is 182 cm³/mol. The molecule has 1 aliphatic rings. The topological polar surface area (TPSA) is 0 Å². The average molecular weight is 648 g/mol. The van der Waals surface area contributed by atoms with Crippen molar-refractivity contribution < 1.29 is 24.2 Å². The summed E-state index contributed by atoms with van der Waals surface area (Å²) in [5, 5.41) is 6.27. The first kappa shape index (κ1) is 32.2. The van der Waals surface area contributed by atoms with E-state index < -0.39 is 0 Å². The zero-order valence-electron chi connectivity index (χ0n) is 26.0. The molecule has 0 fully saturated rings. The third kappa shape index (κ3) is 8.43. The first-order chi connectivity index (χ1) is 19.8. The second kappa shape index (κ2) is 13.7. The van der Waals surface area contributed by atoms with Gasteiger partial charge in [0.2, 0.25) is 0 Å². The van der Waals surface area contributed by atoms with Crippen molar-refractivity contribution in [2.24, 2.45) is 0 Å². The molecule has 0 radical (unpaired) electrons. The normalized spacial score (nSPS) is 12.6. The molecule has 0 bridgehead atoms. The van der Waals surface area contributed by atoms with E-state index in [1.165, 1.54) is 76.8 Å². The molecular formula is C40H41ClZr. The smallest absolute Gasteiger partial charge is 0.109 e. The monoisotopic (exact) mass is 646 g/mol. The Morgan fingerprint density at radius 3 is 1.74 bits per heavy atom. The van der Waals surface area contributed by atoms with E-state index in [9.17, 15) is 0 Å². The van der Waals surface area contributed by atoms with Gasteiger partial charge in [0.25, 0.3) is 0 Å². The molecular weight excluding hydrogens is 607 g/mol. The van der Waals surface area contributed by atoms with Crippen molar-refractivity contribution in [1.82, 2.24) is 0 Å². The van der Waals surface area contributed by atoms with Crippen LogP contribution in [0, 0.1) is 13.0 Å². The number of allylic oxidation sites excluding steroid dienone is 4. The van der Waals surface area contributed by atoms with Crippen LogP contribution in [0.2, 0.25) is 5.02 Å². The molecule has 42 heavy (non-hydrogen) atoms. The second-order valence-corrected chi connectivity index (χ2v) is 14.7. The Morgan fingerprint density at radius 1 is 0.738 bits per heavy atom. The minimum atomic E-state index is 0.203. The van der Waals surface area contributed by atoms with Gasteiger partial charge in [0.1, 0.15) is 0 Å². The van der Waals surface area contributed by atoms with Crippen molar-refractivity contribution >= 4 is 36.4 Å². The van der Waals surface area contributed by atoms with Gasteiger partial charge in [-0.15, -0.1) is 46.2 Å². The summed E-state index contributed by atoms with van der Waals surface area (Å²) < 4.78 is 1.34. The van der Waals surface area contributed by atoms with Crippen molar-refractivity contribution in [2.75, 3.05) is 0 Å². The van der Waals surface area contributed by atoms with Gasteiger partial charge >= 0.3 is 116 Å². The van der Waals surface area contributed by atoms with Gasteiger partial charge in [-0.25, -0.2) is 12.2 Å². The molecule has 0 N–H and O–H groups in total. The molecule has 1 aliphatic carbocycles. The average Bonchev–Trinajstić information content (AvgIpc) is 3.64. The van der Waals surface area contributed by atoms with E-state index >= 15 is 0 Å². The van der Waals surface area contributed by atoms with E-state index in [0.717, 1.165) is 11.4 Å². The molecule has 5 aromatic carbocycles. The van der Waals surface area contributed by atoms with Crippen LogP contribution in [0.4, 0.5) is 0 Å². The van der Waals surface area contributed by atoms with Gasteiger partial charge < -0.3 is 0 Å². The molecule has 0 spiro atoms. The van der Waals surface area contributed by atoms with Gasteiger partial charge in [0.15, 0.2) is 0 Å². The third-order valence-corrected chi connectivity index (χ3v) is 9.13. The number of benzene rings is 4. The number of halogens is 1. The molecule has 0 saturated heterocycles. The number of aryl methyl sites for hydroxylation is 1. The molecule has 6 rings (SSSR count). The van der Waals surface area contributed by atoms with Gasteiger partial charge in [-0.2, -0.15) is 6.08 Å². The Labute approximate surface area is 272 Å². The Hall–Kier alpha value is -2.73. The van der Waals surface area contributed by atoms with E-state index in [2.05, 4.69) is 133 Å². The maximum absolute atomic E-state index is 6.00. The molecule has 0 nitrogen and oxygen atoms in total. The summed E-state index contributed by atoms with van der Waals surface area (Å²) in [7, 11) is 0. The van der Waals surface area contributed by atoms with E-state index in [-0.39, 0.29) is 10.8 Å². The Morgan fingerprint density at radius 2 is 1.31 bits per heavy atom. The van der Waals surface area contributed by atoms with E-state index in [1.807, 2.05) is 30.4 Å². The van der Waals surface area contributed by atoms with Gasteiger partial charge in [-0.3, -0.25) is 6.08 Å². The summed E-state index contributed by atoms with van der Waals surface area (Å²) >= 11 is 7.40. The Kier molecular flexibility index (Phi) is 10.5. The van der Waals surface area contributed by atoms with Gasteiger partial charge in [-0.05, 0) is 10.8 Å². The van der Waals surface area contributed by atoms with E-state index in [1.54, 1.807) is 0 Å². The van der Waals surface area contributed by atoms with Crippen molar-refractivity contribution in [2.45, 2.75) is 65.7 Å². The van der Waals surface area contributed by atoms with Gasteiger partial charge in [0.05, 0.1) is 0 Å². The zero-order chi connectivity index (χ0) is 30.5. The number of hydrogen-bond acceptors (Lipinski definition) is 0. The van der Waals surface area contributed by atoms with Crippen molar-refractivity contribution in [3.05, 3.63) is 148 Å². The van der Waals surface area contributed by atoms with Crippen LogP contribution < -0.4 is 0 Å². The summed E-state index contributed by atoms with van der Waals surface area (Å²) in [5.41, 5.74) is 7.00. The molecule has 0 amide bonds. The van der Waals surface area contributed by atoms with Crippen LogP contribution in [0.3, 0.4) is 0 Å². The molecule has 0 heterocycles. The van der Waals surface area contributed by atoms with Crippen LogP contribution in [-0.2, 0) is 35.1 Å². The number of fused-ring (bicyclic) bond motifs is 3. The number of rotatable bonds is 2. The third-order valence-electron chi connectivity index (χ3n) is 7.48. The van der Waals surface area contributed by atoms with E-state index in [4.69, 9.17) is 11.6 Å². The molecule has 0 aliphatic heterocycles. The largest absolute Gasteiger partial charge is 0.273 e. The summed E-state index contributed by atoms with van der Waals surface area (Å²) in [6.07, 6.45) is 10.0. The second-order valence-electron chi connectivity index (χ2n) is 13.0. The van der Waals surface area contributed by atoms with Crippen LogP contribution in [-0.4, -0.2) is 3.21 Å². The van der Waals surface area contributed by atoms with Gasteiger partial charge in [-0.1, -0.05) is 76.9 Å². The summed E-state index contributed by atoms with van der Waals surface area (Å²) in [6, 6.07) is 32.8. The SMILES string of the molecule is CC(C)(C)c1ccc2c(c1)[cH-]c1cc(C(C)(C)C)ccc12.Cc1ccc([C](=[Zr+2])c2cccc(Cl)c2)cc1.[C-]1=CC=CC1. The van der Waals surface area contributed by atoms with Crippen molar-refractivity contribution in [3.8, 4) is 0 Å². The number of hydrogen-bond donors (Lipinski definition) is 0. The Balaban J connectivity index is 0.000000170. The first-order valence-corrected chi connectivity index (χ1v) is 16.2. The van der Waals surface area contributed by atoms with Crippen LogP contribution in [0.1, 0.15) is 75.8 Å². The minimum Gasteiger partial charge on any atom is -0.273 e. The van der Waals surface area contributed by atoms with E-state index in [0.29, 0.717) is 0 Å². The standard InChI is InChI=1S/C21H25.C14H11Cl.C5H5.Zr/c1-20(2,3)16-7-9-18-14(12-16)11-15-13-17(21(4,5)6)8-10-19(15)18;1-11-5-7-12(8-6-11)9-13-3-2-4-14(15)10-13;1-2-4-5-3-1;/h7-13H,1-6H3;2-8,10H,1H3;1-3H,4H2;/q-1;;-1;+2. The maximum Gasteiger partial charge on any atom is -0.109 e. The predicted octanol–water partition coefficient (Wildman–Crippen LogP) is 11.4. The van der Waals surface area contributed by atoms with Crippen molar-refractivity contribution in [3.63, 3.8) is 0 Å². The molecule has 0 aromatic heterocycles. The van der Waals surface area contributed by atoms with Crippen LogP contribution >= 0.6 is 11.6 Å². The molecule has 0 atom stereocenters. The summed E-state index contributed by atoms with van der Waals surface area (Å²) in [4.78, 5) is 0. The van der Waals surface area contributed by atoms with Gasteiger partial charge in [0, 0.05) is 0 Å². The fraction of sp³-hybridized carbons (Fsp3) is 0.250. The fourth-order valence-electron chi connectivity index (χ4n) is 4.83. The molecule has 5 aromatic rings. The molecule has 0 unspecified atom stereocenters. The zero-order valence-corrected chi connectivity index (χ0v) is 29.2. The Bertz CT molecular complexity index is 1650. The fourth-order valence-corrected chi connectivity index (χ4v) is 5.81. The molecule has 212 valence electrons. The van der Waals surface area contributed by atoms with Crippen LogP contribution in [0.25, 0.3) is 21.5 Å². The van der Waals surface area contributed by atoms with Crippen LogP contribution in [0.15, 0.2) is 109 Å². The quantitative estimate of drug-likeness (QED) is 0.167. The maximum atomic E-state index is 6.00. The van der Waals surface area contributed by atoms with Crippen LogP contribution in [0.5, 0.6) is 0 Å². The minimum absolute atomic E-state index is 0.203. The molecule has 2 heteroatoms. The summed E-state index contributed by atoms with van der Waals surface area (Å²) in [6.45, 7) is 15.7. The molecule has 0 saturated carbocycles. The van der Waals surface area contributed by atoms with Crippen molar-refractivity contribution in [1.29, 1.82) is 0 Å².